The van der Waals surface area contributed by atoms with Gasteiger partial charge in [0, 0.05) is 37.4 Å². The van der Waals surface area contributed by atoms with Crippen LogP contribution in [-0.4, -0.2) is 43.4 Å². The van der Waals surface area contributed by atoms with Gasteiger partial charge in [0.1, 0.15) is 12.9 Å². The minimum atomic E-state index is 0.164. The van der Waals surface area contributed by atoms with Crippen molar-refractivity contribution in [2.24, 2.45) is 5.10 Å². The van der Waals surface area contributed by atoms with E-state index in [1.54, 1.807) is 17.0 Å². The molecule has 1 aliphatic heterocycles. The number of halogens is 1. The zero-order valence-corrected chi connectivity index (χ0v) is 18.2. The smallest absolute Gasteiger partial charge is 0.177 e. The standard InChI is InChI=1S/C20H24BrN7O/c1-3-6-15-17(23-13-27-19(15)25-18(26-27)12-29-4-2)11-14-8-10-24-28(14)20-16(21)7-5-9-22-20/h5,7,9-10,13-14H,3-4,6,8,11-12H2,1-2H3. The molecule has 8 nitrogen and oxygen atoms in total. The molecular formula is C20H24BrN7O. The summed E-state index contributed by atoms with van der Waals surface area (Å²) >= 11 is 3.59. The molecule has 152 valence electrons. The van der Waals surface area contributed by atoms with Crippen LogP contribution >= 0.6 is 15.9 Å². The molecule has 0 saturated heterocycles. The van der Waals surface area contributed by atoms with Gasteiger partial charge in [-0.1, -0.05) is 13.3 Å². The van der Waals surface area contributed by atoms with Crippen molar-refractivity contribution in [1.82, 2.24) is 24.6 Å². The molecule has 1 aliphatic rings. The summed E-state index contributed by atoms with van der Waals surface area (Å²) in [4.78, 5) is 14.0. The molecule has 3 aromatic heterocycles. The molecule has 4 heterocycles. The van der Waals surface area contributed by atoms with E-state index in [9.17, 15) is 0 Å². The number of rotatable bonds is 8. The molecule has 4 rings (SSSR count). The minimum Gasteiger partial charge on any atom is -0.374 e. The fourth-order valence-electron chi connectivity index (χ4n) is 3.54. The Morgan fingerprint density at radius 3 is 2.97 bits per heavy atom. The van der Waals surface area contributed by atoms with E-state index < -0.39 is 0 Å². The fourth-order valence-corrected chi connectivity index (χ4v) is 3.98. The first kappa shape index (κ1) is 19.9. The molecule has 0 saturated carbocycles. The van der Waals surface area contributed by atoms with Gasteiger partial charge in [-0.2, -0.15) is 5.10 Å². The quantitative estimate of drug-likeness (QED) is 0.514. The number of hydrogen-bond acceptors (Lipinski definition) is 7. The van der Waals surface area contributed by atoms with Crippen LogP contribution in [0.5, 0.6) is 0 Å². The molecule has 9 heteroatoms. The molecule has 0 radical (unpaired) electrons. The Hall–Kier alpha value is -2.39. The second-order valence-electron chi connectivity index (χ2n) is 6.90. The normalized spacial score (nSPS) is 16.2. The van der Waals surface area contributed by atoms with Gasteiger partial charge in [0.2, 0.25) is 0 Å². The third kappa shape index (κ3) is 4.16. The van der Waals surface area contributed by atoms with Crippen LogP contribution in [0, 0.1) is 0 Å². The van der Waals surface area contributed by atoms with Crippen molar-refractivity contribution >= 4 is 33.6 Å². The van der Waals surface area contributed by atoms with E-state index in [0.717, 1.165) is 52.9 Å². The number of pyridine rings is 1. The summed E-state index contributed by atoms with van der Waals surface area (Å²) in [5.41, 5.74) is 3.07. The van der Waals surface area contributed by atoms with Crippen LogP contribution in [0.2, 0.25) is 0 Å². The summed E-state index contributed by atoms with van der Waals surface area (Å²) in [7, 11) is 0. The van der Waals surface area contributed by atoms with Gasteiger partial charge in [0.25, 0.3) is 0 Å². The number of fused-ring (bicyclic) bond motifs is 1. The highest BCUT2D eigenvalue weighted by Crippen LogP contribution is 2.30. The molecule has 1 unspecified atom stereocenters. The number of aryl methyl sites for hydroxylation is 1. The molecular weight excluding hydrogens is 434 g/mol. The predicted molar refractivity (Wildman–Crippen MR) is 115 cm³/mol. The van der Waals surface area contributed by atoms with Crippen molar-refractivity contribution in [3.8, 4) is 0 Å². The Balaban J connectivity index is 1.64. The summed E-state index contributed by atoms with van der Waals surface area (Å²) in [6, 6.07) is 4.05. The van der Waals surface area contributed by atoms with Crippen LogP contribution in [0.3, 0.4) is 0 Å². The van der Waals surface area contributed by atoms with Gasteiger partial charge in [-0.15, -0.1) is 5.10 Å². The maximum atomic E-state index is 5.47. The molecule has 0 bridgehead atoms. The SMILES string of the molecule is CCCc1c(CC2CC=NN2c2ncccc2Br)ncn2nc(COCC)nc12. The summed E-state index contributed by atoms with van der Waals surface area (Å²) < 4.78 is 8.16. The largest absolute Gasteiger partial charge is 0.374 e. The van der Waals surface area contributed by atoms with E-state index in [1.165, 1.54) is 0 Å². The molecule has 3 aromatic rings. The zero-order valence-electron chi connectivity index (χ0n) is 16.6. The molecule has 0 amide bonds. The Bertz CT molecular complexity index is 1020. The molecule has 0 aliphatic carbocycles. The van der Waals surface area contributed by atoms with Crippen LogP contribution in [0.4, 0.5) is 5.82 Å². The highest BCUT2D eigenvalue weighted by atomic mass is 79.9. The van der Waals surface area contributed by atoms with Crippen molar-refractivity contribution < 1.29 is 4.74 Å². The van der Waals surface area contributed by atoms with E-state index in [4.69, 9.17) is 14.7 Å². The first-order valence-electron chi connectivity index (χ1n) is 9.93. The number of anilines is 1. The monoisotopic (exact) mass is 457 g/mol. The van der Waals surface area contributed by atoms with Gasteiger partial charge in [-0.05, 0) is 41.4 Å². The maximum Gasteiger partial charge on any atom is 0.177 e. The second kappa shape index (κ2) is 8.96. The molecule has 0 spiro atoms. The Morgan fingerprint density at radius 1 is 1.28 bits per heavy atom. The summed E-state index contributed by atoms with van der Waals surface area (Å²) in [5.74, 6) is 1.51. The summed E-state index contributed by atoms with van der Waals surface area (Å²) in [6.45, 7) is 5.19. The third-order valence-electron chi connectivity index (χ3n) is 4.87. The van der Waals surface area contributed by atoms with E-state index in [2.05, 4.69) is 38.0 Å². The fraction of sp³-hybridized carbons (Fsp3) is 0.450. The Morgan fingerprint density at radius 2 is 2.17 bits per heavy atom. The van der Waals surface area contributed by atoms with Crippen LogP contribution in [0.1, 0.15) is 43.8 Å². The van der Waals surface area contributed by atoms with Crippen molar-refractivity contribution in [2.45, 2.75) is 52.2 Å². The Labute approximate surface area is 178 Å². The lowest BCUT2D eigenvalue weighted by Gasteiger charge is -2.24. The lowest BCUT2D eigenvalue weighted by Crippen LogP contribution is -2.30. The van der Waals surface area contributed by atoms with Gasteiger partial charge in [-0.25, -0.2) is 24.5 Å². The zero-order chi connectivity index (χ0) is 20.2. The molecule has 0 fully saturated rings. The van der Waals surface area contributed by atoms with Crippen molar-refractivity contribution in [3.05, 3.63) is 46.2 Å². The van der Waals surface area contributed by atoms with E-state index in [1.807, 2.05) is 30.3 Å². The van der Waals surface area contributed by atoms with Crippen molar-refractivity contribution in [3.63, 3.8) is 0 Å². The highest BCUT2D eigenvalue weighted by molar-refractivity contribution is 9.10. The summed E-state index contributed by atoms with van der Waals surface area (Å²) in [6.07, 6.45) is 9.02. The first-order chi connectivity index (χ1) is 14.2. The van der Waals surface area contributed by atoms with Crippen molar-refractivity contribution in [1.29, 1.82) is 0 Å². The number of hydrogen-bond donors (Lipinski definition) is 0. The molecule has 0 aromatic carbocycles. The van der Waals surface area contributed by atoms with Crippen LogP contribution in [0.25, 0.3) is 5.65 Å². The Kier molecular flexibility index (Phi) is 6.15. The average Bonchev–Trinajstić information content (AvgIpc) is 3.35. The van der Waals surface area contributed by atoms with Gasteiger partial charge in [0.05, 0.1) is 16.2 Å². The van der Waals surface area contributed by atoms with Gasteiger partial charge >= 0.3 is 0 Å². The topological polar surface area (TPSA) is 80.8 Å². The predicted octanol–water partition coefficient (Wildman–Crippen LogP) is 3.58. The number of nitrogens with zero attached hydrogens (tertiary/aromatic N) is 7. The van der Waals surface area contributed by atoms with E-state index in [0.29, 0.717) is 19.0 Å². The van der Waals surface area contributed by atoms with Gasteiger partial charge in [0.15, 0.2) is 17.3 Å². The van der Waals surface area contributed by atoms with E-state index >= 15 is 0 Å². The van der Waals surface area contributed by atoms with E-state index in [-0.39, 0.29) is 6.04 Å². The molecule has 1 atom stereocenters. The van der Waals surface area contributed by atoms with Gasteiger partial charge < -0.3 is 4.74 Å². The highest BCUT2D eigenvalue weighted by Gasteiger charge is 2.27. The number of ether oxygens (including phenoxy) is 1. The van der Waals surface area contributed by atoms with Crippen molar-refractivity contribution in [2.75, 3.05) is 11.6 Å². The van der Waals surface area contributed by atoms with Crippen LogP contribution in [0.15, 0.2) is 34.2 Å². The average molecular weight is 458 g/mol. The molecule has 0 N–H and O–H groups in total. The second-order valence-corrected chi connectivity index (χ2v) is 7.75. The van der Waals surface area contributed by atoms with Crippen LogP contribution in [-0.2, 0) is 24.2 Å². The molecule has 29 heavy (non-hydrogen) atoms. The lowest BCUT2D eigenvalue weighted by molar-refractivity contribution is 0.128. The lowest BCUT2D eigenvalue weighted by atomic mass is 10.0. The number of hydrazone groups is 1. The first-order valence-corrected chi connectivity index (χ1v) is 10.7. The van der Waals surface area contributed by atoms with Crippen LogP contribution < -0.4 is 5.01 Å². The van der Waals surface area contributed by atoms with Gasteiger partial charge in [-0.3, -0.25) is 0 Å². The maximum absolute atomic E-state index is 5.47. The number of aromatic nitrogens is 5. The summed E-state index contributed by atoms with van der Waals surface area (Å²) in [5, 5.41) is 11.0. The minimum absolute atomic E-state index is 0.164. The third-order valence-corrected chi connectivity index (χ3v) is 5.49.